The maximum absolute atomic E-state index is 13.0. The molecular formula is C20H22Cl3N3O3S. The topological polar surface area (TPSA) is 73.0 Å². The summed E-state index contributed by atoms with van der Waals surface area (Å²) in [5.74, 6) is -0.256. The highest BCUT2D eigenvalue weighted by Crippen LogP contribution is 2.38. The largest absolute Gasteiger partial charge is 0.571 e. The minimum Gasteiger partial charge on any atom is -0.571 e. The quantitative estimate of drug-likeness (QED) is 0.693. The van der Waals surface area contributed by atoms with Gasteiger partial charge in [0.15, 0.2) is 0 Å². The van der Waals surface area contributed by atoms with E-state index < -0.39 is 10.0 Å². The van der Waals surface area contributed by atoms with Crippen LogP contribution in [0.15, 0.2) is 41.3 Å². The van der Waals surface area contributed by atoms with E-state index in [-0.39, 0.29) is 38.1 Å². The molecule has 1 aliphatic rings. The van der Waals surface area contributed by atoms with Gasteiger partial charge in [0.1, 0.15) is 10.0 Å². The van der Waals surface area contributed by atoms with Crippen LogP contribution in [-0.2, 0) is 10.0 Å². The average Bonchev–Trinajstić information content (AvgIpc) is 2.70. The van der Waals surface area contributed by atoms with E-state index in [1.165, 1.54) is 41.3 Å². The van der Waals surface area contributed by atoms with Crippen molar-refractivity contribution in [1.29, 1.82) is 0 Å². The normalized spacial score (nSPS) is 19.4. The number of benzene rings is 2. The van der Waals surface area contributed by atoms with Crippen LogP contribution >= 0.6 is 34.8 Å². The van der Waals surface area contributed by atoms with Crippen LogP contribution in [0.1, 0.15) is 23.2 Å². The second-order valence-corrected chi connectivity index (χ2v) is 10.2. The molecule has 30 heavy (non-hydrogen) atoms. The van der Waals surface area contributed by atoms with Crippen molar-refractivity contribution < 1.29 is 18.1 Å². The lowest BCUT2D eigenvalue weighted by Gasteiger charge is -2.33. The number of nitrogens with zero attached hydrogens (tertiary/aromatic N) is 2. The highest BCUT2D eigenvalue weighted by molar-refractivity contribution is 7.94. The van der Waals surface area contributed by atoms with E-state index in [9.17, 15) is 13.2 Å². The zero-order valence-corrected chi connectivity index (χ0v) is 19.6. The molecule has 1 N–H and O–H groups in total. The van der Waals surface area contributed by atoms with E-state index in [2.05, 4.69) is 11.8 Å². The van der Waals surface area contributed by atoms with Gasteiger partial charge in [-0.25, -0.2) is 8.42 Å². The summed E-state index contributed by atoms with van der Waals surface area (Å²) >= 11 is 18.1. The van der Waals surface area contributed by atoms with Gasteiger partial charge in [-0.3, -0.25) is 4.79 Å². The third-order valence-electron chi connectivity index (χ3n) is 5.26. The molecule has 1 aliphatic heterocycles. The predicted octanol–water partition coefficient (Wildman–Crippen LogP) is 3.79. The number of hydrogen-bond donors (Lipinski definition) is 1. The van der Waals surface area contributed by atoms with E-state index in [0.717, 1.165) is 25.9 Å². The van der Waals surface area contributed by atoms with Crippen LogP contribution in [0.4, 0.5) is 5.69 Å². The molecule has 1 saturated heterocycles. The van der Waals surface area contributed by atoms with Gasteiger partial charge in [0.05, 0.1) is 30.1 Å². The third kappa shape index (κ3) is 5.21. The molecule has 0 spiro atoms. The van der Waals surface area contributed by atoms with Crippen molar-refractivity contribution >= 4 is 56.4 Å². The summed E-state index contributed by atoms with van der Waals surface area (Å²) in [5, 5.41) is 0.402. The molecule has 2 aromatic rings. The Morgan fingerprint density at radius 1 is 1.07 bits per heavy atom. The number of rotatable bonds is 5. The summed E-state index contributed by atoms with van der Waals surface area (Å²) in [4.78, 5) is 15.8. The molecule has 0 saturated carbocycles. The van der Waals surface area contributed by atoms with Gasteiger partial charge < -0.3 is 14.5 Å². The zero-order valence-electron chi connectivity index (χ0n) is 16.5. The Balaban J connectivity index is 1.87. The van der Waals surface area contributed by atoms with Gasteiger partial charge in [-0.15, -0.1) is 5.69 Å². The summed E-state index contributed by atoms with van der Waals surface area (Å²) in [6, 6.07) is 8.63. The molecule has 0 unspecified atom stereocenters. The molecule has 10 heteroatoms. The monoisotopic (exact) mass is 489 g/mol. The summed E-state index contributed by atoms with van der Waals surface area (Å²) in [6.07, 6.45) is 1.80. The van der Waals surface area contributed by atoms with Crippen molar-refractivity contribution in [3.8, 4) is 0 Å². The van der Waals surface area contributed by atoms with Crippen LogP contribution in [-0.4, -0.2) is 52.5 Å². The number of likely N-dealkylation sites (tertiary alicyclic amines) is 1. The predicted molar refractivity (Wildman–Crippen MR) is 120 cm³/mol. The first-order valence-corrected chi connectivity index (χ1v) is 12.0. The average molecular weight is 491 g/mol. The van der Waals surface area contributed by atoms with Crippen LogP contribution < -0.4 is 4.90 Å². The number of nitrogens with one attached hydrogen (secondary N) is 1. The van der Waals surface area contributed by atoms with Crippen LogP contribution in [0, 0.1) is 0 Å². The van der Waals surface area contributed by atoms with Crippen molar-refractivity contribution in [2.45, 2.75) is 23.8 Å². The first-order chi connectivity index (χ1) is 14.1. The second kappa shape index (κ2) is 9.32. The van der Waals surface area contributed by atoms with Gasteiger partial charge in [-0.2, -0.15) is 0 Å². The Kier molecular flexibility index (Phi) is 7.20. The van der Waals surface area contributed by atoms with E-state index in [0.29, 0.717) is 5.02 Å². The smallest absolute Gasteiger partial charge is 0.253 e. The van der Waals surface area contributed by atoms with Gasteiger partial charge in [0.25, 0.3) is 5.91 Å². The SMILES string of the molecule is CN(C(=O)c1ccc(Cl)c(S(=O)(=O)[N-]c2cc(Cl)ccc2Cl)c1)C1CC[NH+](C)CC1. The van der Waals surface area contributed by atoms with Crippen molar-refractivity contribution in [2.75, 3.05) is 27.2 Å². The zero-order chi connectivity index (χ0) is 22.1. The lowest BCUT2D eigenvalue weighted by molar-refractivity contribution is -0.885. The van der Waals surface area contributed by atoms with Gasteiger partial charge in [0.2, 0.25) is 0 Å². The Hall–Kier alpha value is -1.51. The Labute approximate surface area is 191 Å². The molecule has 0 aromatic heterocycles. The molecule has 0 radical (unpaired) electrons. The summed E-state index contributed by atoms with van der Waals surface area (Å²) in [7, 11) is -0.350. The Morgan fingerprint density at radius 3 is 2.37 bits per heavy atom. The lowest BCUT2D eigenvalue weighted by atomic mass is 10.0. The minimum absolute atomic E-state index is 0.00269. The van der Waals surface area contributed by atoms with Crippen molar-refractivity contribution in [3.63, 3.8) is 0 Å². The number of carbonyl (C=O) groups excluding carboxylic acids is 1. The number of hydrogen-bond acceptors (Lipinski definition) is 3. The van der Waals surface area contributed by atoms with Crippen LogP contribution in [0.25, 0.3) is 4.72 Å². The maximum Gasteiger partial charge on any atom is 0.253 e. The second-order valence-electron chi connectivity index (χ2n) is 7.41. The molecule has 1 amide bonds. The fourth-order valence-electron chi connectivity index (χ4n) is 3.42. The molecule has 0 atom stereocenters. The highest BCUT2D eigenvalue weighted by atomic mass is 35.5. The summed E-state index contributed by atoms with van der Waals surface area (Å²) < 4.78 is 29.5. The summed E-state index contributed by atoms with van der Waals surface area (Å²) in [6.45, 7) is 1.98. The number of piperidine rings is 1. The van der Waals surface area contributed by atoms with E-state index in [1.54, 1.807) is 11.9 Å². The molecule has 2 aromatic carbocycles. The molecule has 6 nitrogen and oxygen atoms in total. The van der Waals surface area contributed by atoms with Crippen molar-refractivity contribution in [3.05, 3.63) is 61.8 Å². The van der Waals surface area contributed by atoms with Gasteiger partial charge in [-0.05, 0) is 30.3 Å². The van der Waals surface area contributed by atoms with E-state index in [1.807, 2.05) is 0 Å². The van der Waals surface area contributed by atoms with Crippen LogP contribution in [0.5, 0.6) is 0 Å². The number of quaternary nitrogens is 1. The molecule has 3 rings (SSSR count). The molecule has 0 aliphatic carbocycles. The Morgan fingerprint density at radius 2 is 1.70 bits per heavy atom. The lowest BCUT2D eigenvalue weighted by Crippen LogP contribution is -3.10. The fraction of sp³-hybridized carbons (Fsp3) is 0.350. The standard InChI is InChI=1S/C20H21Cl3N3O3S/c1-25-9-7-15(8-10-25)26(2)20(27)13-3-5-17(23)19(11-13)30(28,29)24-18-12-14(21)4-6-16(18)22/h3-6,11-12,15H,7-10H2,1-2H3/q-1/p+1. The van der Waals surface area contributed by atoms with E-state index >= 15 is 0 Å². The van der Waals surface area contributed by atoms with E-state index in [4.69, 9.17) is 34.8 Å². The van der Waals surface area contributed by atoms with Crippen LogP contribution in [0.3, 0.4) is 0 Å². The van der Waals surface area contributed by atoms with Gasteiger partial charge >= 0.3 is 0 Å². The third-order valence-corrected chi connectivity index (χ3v) is 7.59. The fourth-order valence-corrected chi connectivity index (χ4v) is 5.31. The molecule has 0 bridgehead atoms. The molecule has 162 valence electrons. The molecule has 1 heterocycles. The van der Waals surface area contributed by atoms with Crippen molar-refractivity contribution in [2.24, 2.45) is 0 Å². The number of sulfonamides is 1. The maximum atomic E-state index is 13.0. The first kappa shape index (κ1) is 23.2. The van der Waals surface area contributed by atoms with Crippen LogP contribution in [0.2, 0.25) is 15.1 Å². The Bertz CT molecular complexity index is 1050. The number of amides is 1. The summed E-state index contributed by atoms with van der Waals surface area (Å²) in [5.41, 5.74) is 0.238. The van der Waals surface area contributed by atoms with Gasteiger partial charge in [0, 0.05) is 41.5 Å². The molecule has 1 fully saturated rings. The number of halogens is 3. The molecular weight excluding hydrogens is 469 g/mol. The number of carbonyl (C=O) groups is 1. The highest BCUT2D eigenvalue weighted by Gasteiger charge is 2.27. The van der Waals surface area contributed by atoms with Crippen molar-refractivity contribution in [1.82, 2.24) is 4.90 Å². The van der Waals surface area contributed by atoms with Gasteiger partial charge in [-0.1, -0.05) is 40.9 Å². The first-order valence-electron chi connectivity index (χ1n) is 9.39. The minimum atomic E-state index is -4.22.